The highest BCUT2D eigenvalue weighted by Gasteiger charge is 2.29. The maximum Gasteiger partial charge on any atom is 0.271 e. The van der Waals surface area contributed by atoms with Crippen LogP contribution in [0.3, 0.4) is 0 Å². The van der Waals surface area contributed by atoms with Gasteiger partial charge in [-0.25, -0.2) is 4.98 Å². The van der Waals surface area contributed by atoms with E-state index in [1.54, 1.807) is 0 Å². The van der Waals surface area contributed by atoms with Gasteiger partial charge in [0.1, 0.15) is 5.69 Å². The number of carbonyl (C=O) groups excluding carboxylic acids is 1. The molecule has 0 spiro atoms. The van der Waals surface area contributed by atoms with Gasteiger partial charge in [0.2, 0.25) is 0 Å². The standard InChI is InChI=1S/C16H26N4OS/c1-12-17-15(11-22-12)16(21)18-13-4-3-7-20(10-13)14-5-8-19(2)9-6-14/h11,13-14H,3-10H2,1-2H3,(H,18,21). The molecule has 2 aliphatic heterocycles. The lowest BCUT2D eigenvalue weighted by Crippen LogP contribution is -2.53. The Morgan fingerprint density at radius 1 is 1.32 bits per heavy atom. The maximum absolute atomic E-state index is 12.3. The molecule has 0 bridgehead atoms. The van der Waals surface area contributed by atoms with Crippen LogP contribution >= 0.6 is 11.3 Å². The Morgan fingerprint density at radius 3 is 2.77 bits per heavy atom. The quantitative estimate of drug-likeness (QED) is 0.921. The molecule has 1 atom stereocenters. The molecule has 0 aliphatic carbocycles. The Balaban J connectivity index is 1.53. The van der Waals surface area contributed by atoms with Gasteiger partial charge in [-0.3, -0.25) is 9.69 Å². The van der Waals surface area contributed by atoms with Crippen molar-refractivity contribution in [1.82, 2.24) is 20.1 Å². The summed E-state index contributed by atoms with van der Waals surface area (Å²) in [7, 11) is 2.20. The van der Waals surface area contributed by atoms with Crippen LogP contribution < -0.4 is 5.32 Å². The first-order valence-corrected chi connectivity index (χ1v) is 9.15. The topological polar surface area (TPSA) is 48.5 Å². The van der Waals surface area contributed by atoms with Crippen LogP contribution in [-0.2, 0) is 0 Å². The molecule has 122 valence electrons. The van der Waals surface area contributed by atoms with E-state index in [9.17, 15) is 4.79 Å². The van der Waals surface area contributed by atoms with E-state index in [0.29, 0.717) is 11.7 Å². The number of carbonyl (C=O) groups is 1. The smallest absolute Gasteiger partial charge is 0.271 e. The summed E-state index contributed by atoms with van der Waals surface area (Å²) in [6, 6.07) is 0.959. The summed E-state index contributed by atoms with van der Waals surface area (Å²) in [4.78, 5) is 21.5. The van der Waals surface area contributed by atoms with E-state index in [4.69, 9.17) is 0 Å². The van der Waals surface area contributed by atoms with Gasteiger partial charge in [0.05, 0.1) is 5.01 Å². The zero-order chi connectivity index (χ0) is 15.5. The van der Waals surface area contributed by atoms with E-state index >= 15 is 0 Å². The molecule has 2 aliphatic rings. The predicted octanol–water partition coefficient (Wildman–Crippen LogP) is 1.74. The Bertz CT molecular complexity index is 510. The van der Waals surface area contributed by atoms with Crippen molar-refractivity contribution in [2.24, 2.45) is 0 Å². The van der Waals surface area contributed by atoms with Crippen LogP contribution in [0.25, 0.3) is 0 Å². The van der Waals surface area contributed by atoms with Crippen molar-refractivity contribution in [3.63, 3.8) is 0 Å². The zero-order valence-corrected chi connectivity index (χ0v) is 14.4. The number of nitrogens with one attached hydrogen (secondary N) is 1. The van der Waals surface area contributed by atoms with Crippen LogP contribution in [0.2, 0.25) is 0 Å². The Labute approximate surface area is 136 Å². The third-order valence-corrected chi connectivity index (χ3v) is 5.62. The van der Waals surface area contributed by atoms with E-state index in [2.05, 4.69) is 27.1 Å². The highest BCUT2D eigenvalue weighted by molar-refractivity contribution is 7.09. The van der Waals surface area contributed by atoms with Crippen molar-refractivity contribution in [3.8, 4) is 0 Å². The second-order valence-corrected chi connectivity index (χ2v) is 7.66. The summed E-state index contributed by atoms with van der Waals surface area (Å²) < 4.78 is 0. The van der Waals surface area contributed by atoms with Gasteiger partial charge in [0.15, 0.2) is 0 Å². The predicted molar refractivity (Wildman–Crippen MR) is 89.4 cm³/mol. The molecule has 5 nitrogen and oxygen atoms in total. The number of aromatic nitrogens is 1. The van der Waals surface area contributed by atoms with Crippen LogP contribution in [-0.4, -0.2) is 66.0 Å². The van der Waals surface area contributed by atoms with Gasteiger partial charge in [0, 0.05) is 24.0 Å². The monoisotopic (exact) mass is 322 g/mol. The number of thiazole rings is 1. The lowest BCUT2D eigenvalue weighted by Gasteiger charge is -2.41. The lowest BCUT2D eigenvalue weighted by molar-refractivity contribution is 0.0763. The van der Waals surface area contributed by atoms with Gasteiger partial charge in [-0.1, -0.05) is 0 Å². The van der Waals surface area contributed by atoms with E-state index in [1.165, 1.54) is 50.2 Å². The first-order valence-electron chi connectivity index (χ1n) is 8.27. The molecular weight excluding hydrogens is 296 g/mol. The highest BCUT2D eigenvalue weighted by Crippen LogP contribution is 2.21. The van der Waals surface area contributed by atoms with Crippen LogP contribution in [0.1, 0.15) is 41.2 Å². The number of hydrogen-bond donors (Lipinski definition) is 1. The summed E-state index contributed by atoms with van der Waals surface area (Å²) in [5.41, 5.74) is 0.568. The van der Waals surface area contributed by atoms with Gasteiger partial charge >= 0.3 is 0 Å². The van der Waals surface area contributed by atoms with Gasteiger partial charge in [0.25, 0.3) is 5.91 Å². The van der Waals surface area contributed by atoms with Crippen molar-refractivity contribution >= 4 is 17.2 Å². The number of nitrogens with zero attached hydrogens (tertiary/aromatic N) is 3. The molecule has 0 radical (unpaired) electrons. The number of piperidine rings is 2. The molecule has 1 amide bonds. The fourth-order valence-electron chi connectivity index (χ4n) is 3.54. The van der Waals surface area contributed by atoms with Crippen LogP contribution in [0, 0.1) is 6.92 Å². The Morgan fingerprint density at radius 2 is 2.09 bits per heavy atom. The van der Waals surface area contributed by atoms with E-state index in [1.807, 2.05) is 12.3 Å². The average Bonchev–Trinajstić information content (AvgIpc) is 2.95. The normalized spacial score (nSPS) is 25.3. The van der Waals surface area contributed by atoms with Crippen LogP contribution in [0.4, 0.5) is 0 Å². The third kappa shape index (κ3) is 3.86. The minimum atomic E-state index is -0.0143. The molecule has 2 saturated heterocycles. The number of hydrogen-bond acceptors (Lipinski definition) is 5. The van der Waals surface area contributed by atoms with Gasteiger partial charge < -0.3 is 10.2 Å². The summed E-state index contributed by atoms with van der Waals surface area (Å²) in [6.07, 6.45) is 4.76. The molecule has 6 heteroatoms. The van der Waals surface area contributed by atoms with Crippen LogP contribution in [0.15, 0.2) is 5.38 Å². The van der Waals surface area contributed by atoms with Crippen molar-refractivity contribution < 1.29 is 4.79 Å². The number of amides is 1. The van der Waals surface area contributed by atoms with E-state index < -0.39 is 0 Å². The van der Waals surface area contributed by atoms with Crippen molar-refractivity contribution in [2.45, 2.75) is 44.7 Å². The summed E-state index contributed by atoms with van der Waals surface area (Å²) in [6.45, 7) is 6.48. The summed E-state index contributed by atoms with van der Waals surface area (Å²) in [5.74, 6) is -0.0143. The SMILES string of the molecule is Cc1nc(C(=O)NC2CCCN(C3CCN(C)CC3)C2)cs1. The molecule has 22 heavy (non-hydrogen) atoms. The first-order chi connectivity index (χ1) is 10.6. The van der Waals surface area contributed by atoms with E-state index in [0.717, 1.165) is 18.0 Å². The molecule has 0 aromatic carbocycles. The fourth-order valence-corrected chi connectivity index (χ4v) is 4.14. The molecule has 1 unspecified atom stereocenters. The number of likely N-dealkylation sites (tertiary alicyclic amines) is 2. The molecule has 3 rings (SSSR count). The molecule has 1 N–H and O–H groups in total. The second-order valence-electron chi connectivity index (χ2n) is 6.59. The van der Waals surface area contributed by atoms with Crippen molar-refractivity contribution in [3.05, 3.63) is 16.1 Å². The summed E-state index contributed by atoms with van der Waals surface area (Å²) >= 11 is 1.53. The molecule has 1 aromatic heterocycles. The van der Waals surface area contributed by atoms with Gasteiger partial charge in [-0.2, -0.15) is 0 Å². The zero-order valence-electron chi connectivity index (χ0n) is 13.5. The Kier molecular flexibility index (Phi) is 5.10. The lowest BCUT2D eigenvalue weighted by atomic mass is 9.98. The van der Waals surface area contributed by atoms with E-state index in [-0.39, 0.29) is 11.9 Å². The second kappa shape index (κ2) is 7.06. The molecule has 0 saturated carbocycles. The molecule has 1 aromatic rings. The minimum absolute atomic E-state index is 0.0143. The molecular formula is C16H26N4OS. The summed E-state index contributed by atoms with van der Waals surface area (Å²) in [5, 5.41) is 5.97. The minimum Gasteiger partial charge on any atom is -0.347 e. The number of aryl methyl sites for hydroxylation is 1. The third-order valence-electron chi connectivity index (χ3n) is 4.84. The number of rotatable bonds is 3. The maximum atomic E-state index is 12.3. The Hall–Kier alpha value is -0.980. The highest BCUT2D eigenvalue weighted by atomic mass is 32.1. The fraction of sp³-hybridized carbons (Fsp3) is 0.750. The van der Waals surface area contributed by atoms with Gasteiger partial charge in [-0.05, 0) is 59.3 Å². The van der Waals surface area contributed by atoms with Crippen molar-refractivity contribution in [1.29, 1.82) is 0 Å². The first kappa shape index (κ1) is 15.9. The molecule has 3 heterocycles. The van der Waals surface area contributed by atoms with Crippen LogP contribution in [0.5, 0.6) is 0 Å². The average molecular weight is 322 g/mol. The largest absolute Gasteiger partial charge is 0.347 e. The van der Waals surface area contributed by atoms with Gasteiger partial charge in [-0.15, -0.1) is 11.3 Å². The molecule has 2 fully saturated rings. The van der Waals surface area contributed by atoms with Crippen molar-refractivity contribution in [2.75, 3.05) is 33.2 Å².